The van der Waals surface area contributed by atoms with Gasteiger partial charge in [0, 0.05) is 6.54 Å². The highest BCUT2D eigenvalue weighted by atomic mass is 16.5. The fraction of sp³-hybridized carbons (Fsp3) is 0.261. The number of hydrogen-bond donors (Lipinski definition) is 1. The Balaban J connectivity index is 1.70. The predicted molar refractivity (Wildman–Crippen MR) is 106 cm³/mol. The second kappa shape index (κ2) is 8.05. The molecular weight excluding hydrogens is 322 g/mol. The van der Waals surface area contributed by atoms with Gasteiger partial charge in [-0.25, -0.2) is 0 Å². The van der Waals surface area contributed by atoms with E-state index in [-0.39, 0.29) is 5.91 Å². The van der Waals surface area contributed by atoms with Crippen molar-refractivity contribution in [2.24, 2.45) is 0 Å². The monoisotopic (exact) mass is 347 g/mol. The van der Waals surface area contributed by atoms with Gasteiger partial charge in [0.25, 0.3) is 5.91 Å². The normalized spacial score (nSPS) is 12.0. The average molecular weight is 347 g/mol. The van der Waals surface area contributed by atoms with Crippen molar-refractivity contribution in [3.8, 4) is 5.75 Å². The quantitative estimate of drug-likeness (QED) is 0.686. The number of amides is 1. The molecule has 0 bridgehead atoms. The summed E-state index contributed by atoms with van der Waals surface area (Å²) in [7, 11) is 0. The van der Waals surface area contributed by atoms with Crippen LogP contribution in [0.25, 0.3) is 10.8 Å². The van der Waals surface area contributed by atoms with Gasteiger partial charge in [-0.05, 0) is 53.8 Å². The van der Waals surface area contributed by atoms with Crippen molar-refractivity contribution in [1.29, 1.82) is 0 Å². The lowest BCUT2D eigenvalue weighted by Crippen LogP contribution is -2.37. The SMILES string of the molecule is CC[C@@H](Oc1cc(C)ccc1C)C(=O)NCc1cccc2ccccc12. The molecule has 0 aliphatic rings. The third-order valence-corrected chi connectivity index (χ3v) is 4.61. The van der Waals surface area contributed by atoms with Crippen molar-refractivity contribution < 1.29 is 9.53 Å². The molecule has 0 aliphatic carbocycles. The highest BCUT2D eigenvalue weighted by Crippen LogP contribution is 2.22. The Morgan fingerprint density at radius 2 is 1.81 bits per heavy atom. The van der Waals surface area contributed by atoms with Gasteiger partial charge in [0.05, 0.1) is 0 Å². The summed E-state index contributed by atoms with van der Waals surface area (Å²) in [5.41, 5.74) is 3.27. The van der Waals surface area contributed by atoms with Crippen molar-refractivity contribution in [1.82, 2.24) is 5.32 Å². The third-order valence-electron chi connectivity index (χ3n) is 4.61. The second-order valence-electron chi connectivity index (χ2n) is 6.64. The molecule has 0 saturated carbocycles. The third kappa shape index (κ3) is 4.05. The summed E-state index contributed by atoms with van der Waals surface area (Å²) in [6, 6.07) is 20.4. The maximum atomic E-state index is 12.6. The largest absolute Gasteiger partial charge is 0.480 e. The van der Waals surface area contributed by atoms with Crippen molar-refractivity contribution in [3.63, 3.8) is 0 Å². The van der Waals surface area contributed by atoms with Crippen molar-refractivity contribution in [2.45, 2.75) is 39.8 Å². The van der Waals surface area contributed by atoms with E-state index < -0.39 is 6.10 Å². The number of nitrogens with one attached hydrogen (secondary N) is 1. The summed E-state index contributed by atoms with van der Waals surface area (Å²) in [4.78, 5) is 12.6. The summed E-state index contributed by atoms with van der Waals surface area (Å²) >= 11 is 0. The first-order valence-corrected chi connectivity index (χ1v) is 9.06. The van der Waals surface area contributed by atoms with Gasteiger partial charge in [0.2, 0.25) is 0 Å². The zero-order chi connectivity index (χ0) is 18.5. The number of aryl methyl sites for hydroxylation is 2. The molecule has 1 N–H and O–H groups in total. The molecule has 3 rings (SSSR count). The molecule has 0 unspecified atom stereocenters. The summed E-state index contributed by atoms with van der Waals surface area (Å²) in [5.74, 6) is 0.693. The van der Waals surface area contributed by atoms with Gasteiger partial charge >= 0.3 is 0 Å². The Kier molecular flexibility index (Phi) is 5.57. The van der Waals surface area contributed by atoms with Gasteiger partial charge in [0.15, 0.2) is 6.10 Å². The van der Waals surface area contributed by atoms with Crippen LogP contribution in [-0.2, 0) is 11.3 Å². The average Bonchev–Trinajstić information content (AvgIpc) is 2.66. The molecule has 3 nitrogen and oxygen atoms in total. The van der Waals surface area contributed by atoms with Crippen molar-refractivity contribution in [3.05, 3.63) is 77.4 Å². The lowest BCUT2D eigenvalue weighted by molar-refractivity contribution is -0.128. The van der Waals surface area contributed by atoms with Crippen LogP contribution >= 0.6 is 0 Å². The summed E-state index contributed by atoms with van der Waals surface area (Å²) < 4.78 is 6.00. The van der Waals surface area contributed by atoms with Crippen LogP contribution in [0.5, 0.6) is 5.75 Å². The fourth-order valence-corrected chi connectivity index (χ4v) is 3.05. The zero-order valence-corrected chi connectivity index (χ0v) is 15.6. The number of carbonyl (C=O) groups is 1. The van der Waals surface area contributed by atoms with E-state index in [9.17, 15) is 4.79 Å². The van der Waals surface area contributed by atoms with Gasteiger partial charge in [-0.3, -0.25) is 4.79 Å². The molecular formula is C23H25NO2. The molecule has 0 saturated heterocycles. The van der Waals surface area contributed by atoms with E-state index in [1.807, 2.05) is 57.2 Å². The van der Waals surface area contributed by atoms with Crippen LogP contribution in [0.2, 0.25) is 0 Å². The first-order chi connectivity index (χ1) is 12.6. The van der Waals surface area contributed by atoms with E-state index in [2.05, 4.69) is 29.6 Å². The minimum absolute atomic E-state index is 0.0821. The van der Waals surface area contributed by atoms with Gasteiger partial charge in [-0.1, -0.05) is 61.5 Å². The van der Waals surface area contributed by atoms with Gasteiger partial charge < -0.3 is 10.1 Å². The maximum absolute atomic E-state index is 12.6. The molecule has 3 heteroatoms. The molecule has 0 spiro atoms. The smallest absolute Gasteiger partial charge is 0.261 e. The molecule has 0 aliphatic heterocycles. The van der Waals surface area contributed by atoms with Crippen LogP contribution in [0.3, 0.4) is 0 Å². The first-order valence-electron chi connectivity index (χ1n) is 9.06. The van der Waals surface area contributed by atoms with Gasteiger partial charge in [-0.2, -0.15) is 0 Å². The number of rotatable bonds is 6. The highest BCUT2D eigenvalue weighted by Gasteiger charge is 2.19. The molecule has 0 aromatic heterocycles. The van der Waals surface area contributed by atoms with E-state index in [1.165, 1.54) is 10.8 Å². The number of fused-ring (bicyclic) bond motifs is 1. The second-order valence-corrected chi connectivity index (χ2v) is 6.64. The molecule has 0 heterocycles. The van der Waals surface area contributed by atoms with Crippen LogP contribution in [0, 0.1) is 13.8 Å². The van der Waals surface area contributed by atoms with Gasteiger partial charge in [-0.15, -0.1) is 0 Å². The van der Waals surface area contributed by atoms with Gasteiger partial charge in [0.1, 0.15) is 5.75 Å². The topological polar surface area (TPSA) is 38.3 Å². The number of benzene rings is 3. The summed E-state index contributed by atoms with van der Waals surface area (Å²) in [5, 5.41) is 5.38. The Bertz CT molecular complexity index is 912. The predicted octanol–water partition coefficient (Wildman–Crippen LogP) is 4.93. The standard InChI is InChI=1S/C23H25NO2/c1-4-21(26-22-14-16(2)12-13-17(22)3)23(25)24-15-19-10-7-9-18-8-5-6-11-20(18)19/h5-14,21H,4,15H2,1-3H3,(H,24,25)/t21-/m1/s1. The molecule has 0 fully saturated rings. The van der Waals surface area contributed by atoms with Crippen LogP contribution in [0.15, 0.2) is 60.7 Å². The Morgan fingerprint density at radius 3 is 2.62 bits per heavy atom. The first kappa shape index (κ1) is 18.0. The Hall–Kier alpha value is -2.81. The number of hydrogen-bond acceptors (Lipinski definition) is 2. The Morgan fingerprint density at radius 1 is 1.04 bits per heavy atom. The summed E-state index contributed by atoms with van der Waals surface area (Å²) in [6.45, 7) is 6.48. The van der Waals surface area contributed by atoms with E-state index >= 15 is 0 Å². The molecule has 3 aromatic carbocycles. The lowest BCUT2D eigenvalue weighted by Gasteiger charge is -2.19. The van der Waals surface area contributed by atoms with E-state index in [4.69, 9.17) is 4.74 Å². The van der Waals surface area contributed by atoms with Crippen LogP contribution in [0.4, 0.5) is 0 Å². The van der Waals surface area contributed by atoms with Crippen LogP contribution < -0.4 is 10.1 Å². The van der Waals surface area contributed by atoms with Crippen molar-refractivity contribution in [2.75, 3.05) is 0 Å². The maximum Gasteiger partial charge on any atom is 0.261 e. The van der Waals surface area contributed by atoms with E-state index in [0.29, 0.717) is 13.0 Å². The molecule has 134 valence electrons. The van der Waals surface area contributed by atoms with E-state index in [0.717, 1.165) is 22.4 Å². The highest BCUT2D eigenvalue weighted by molar-refractivity contribution is 5.86. The lowest BCUT2D eigenvalue weighted by atomic mass is 10.0. The van der Waals surface area contributed by atoms with Crippen molar-refractivity contribution >= 4 is 16.7 Å². The fourth-order valence-electron chi connectivity index (χ4n) is 3.05. The van der Waals surface area contributed by atoms with E-state index in [1.54, 1.807) is 0 Å². The zero-order valence-electron chi connectivity index (χ0n) is 15.6. The van der Waals surface area contributed by atoms with Crippen LogP contribution in [0.1, 0.15) is 30.0 Å². The number of carbonyl (C=O) groups excluding carboxylic acids is 1. The summed E-state index contributed by atoms with van der Waals surface area (Å²) in [6.07, 6.45) is 0.125. The molecule has 1 amide bonds. The molecule has 3 aromatic rings. The molecule has 26 heavy (non-hydrogen) atoms. The molecule has 0 radical (unpaired) electrons. The number of ether oxygens (including phenoxy) is 1. The minimum atomic E-state index is -0.495. The Labute approximate surface area is 155 Å². The minimum Gasteiger partial charge on any atom is -0.480 e. The molecule has 1 atom stereocenters. The van der Waals surface area contributed by atoms with Crippen LogP contribution in [-0.4, -0.2) is 12.0 Å².